The number of nitrogens with zero attached hydrogens (tertiary/aromatic N) is 3. The van der Waals surface area contributed by atoms with Crippen LogP contribution < -0.4 is 9.64 Å². The average molecular weight is 357 g/mol. The Balaban J connectivity index is 1.91. The number of hydrogen-bond acceptors (Lipinski definition) is 8. The minimum Gasteiger partial charge on any atom is -0.487 e. The van der Waals surface area contributed by atoms with E-state index in [-0.39, 0.29) is 5.69 Å². The molecule has 0 atom stereocenters. The maximum absolute atomic E-state index is 11.1. The van der Waals surface area contributed by atoms with Crippen LogP contribution >= 0.6 is 12.0 Å². The SMILES string of the molecule is CCOc1cc(N2CCN(CCSOOC)CC2)ccc1[N+](=O)[O-]. The van der Waals surface area contributed by atoms with E-state index in [4.69, 9.17) is 9.07 Å². The third-order valence-electron chi connectivity index (χ3n) is 3.78. The van der Waals surface area contributed by atoms with Crippen LogP contribution in [0.4, 0.5) is 11.4 Å². The monoisotopic (exact) mass is 357 g/mol. The van der Waals surface area contributed by atoms with Gasteiger partial charge in [0.1, 0.15) is 0 Å². The molecule has 0 radical (unpaired) electrons. The average Bonchev–Trinajstić information content (AvgIpc) is 2.59. The van der Waals surface area contributed by atoms with Crippen molar-refractivity contribution in [1.29, 1.82) is 0 Å². The van der Waals surface area contributed by atoms with Crippen molar-refractivity contribution in [3.63, 3.8) is 0 Å². The van der Waals surface area contributed by atoms with Gasteiger partial charge >= 0.3 is 5.69 Å². The molecular formula is C15H23N3O5S. The first-order valence-corrected chi connectivity index (χ1v) is 8.77. The lowest BCUT2D eigenvalue weighted by Gasteiger charge is -2.36. The van der Waals surface area contributed by atoms with Gasteiger partial charge in [0.2, 0.25) is 0 Å². The molecule has 134 valence electrons. The Bertz CT molecular complexity index is 538. The minimum absolute atomic E-state index is 0.00871. The summed E-state index contributed by atoms with van der Waals surface area (Å²) in [5, 5.41) is 11.1. The Morgan fingerprint density at radius 3 is 2.67 bits per heavy atom. The molecule has 1 saturated heterocycles. The topological polar surface area (TPSA) is 77.3 Å². The van der Waals surface area contributed by atoms with Crippen LogP contribution in [0, 0.1) is 10.1 Å². The first kappa shape index (κ1) is 18.8. The van der Waals surface area contributed by atoms with Crippen LogP contribution in [0.25, 0.3) is 0 Å². The molecule has 1 fully saturated rings. The van der Waals surface area contributed by atoms with Gasteiger partial charge in [-0.3, -0.25) is 15.0 Å². The van der Waals surface area contributed by atoms with E-state index in [0.29, 0.717) is 12.4 Å². The Morgan fingerprint density at radius 2 is 2.04 bits per heavy atom. The van der Waals surface area contributed by atoms with Gasteiger partial charge in [-0.15, -0.1) is 0 Å². The molecule has 0 N–H and O–H groups in total. The predicted molar refractivity (Wildman–Crippen MR) is 93.5 cm³/mol. The fourth-order valence-electron chi connectivity index (χ4n) is 2.60. The second kappa shape index (κ2) is 9.67. The lowest BCUT2D eigenvalue weighted by molar-refractivity contribution is -0.385. The Hall–Kier alpha value is -1.55. The summed E-state index contributed by atoms with van der Waals surface area (Å²) in [5.41, 5.74) is 0.968. The highest BCUT2D eigenvalue weighted by molar-refractivity contribution is 7.94. The number of rotatable bonds is 9. The second-order valence-corrected chi connectivity index (χ2v) is 6.01. The fraction of sp³-hybridized carbons (Fsp3) is 0.600. The highest BCUT2D eigenvalue weighted by Gasteiger charge is 2.21. The molecule has 0 amide bonds. The quantitative estimate of drug-likeness (QED) is 0.219. The number of hydrogen-bond donors (Lipinski definition) is 0. The standard InChI is InChI=1S/C15H23N3O5S/c1-3-22-15-12-13(4-5-14(15)18(19)20)17-8-6-16(7-9-17)10-11-24-23-21-2/h4-5,12H,3,6-11H2,1-2H3. The van der Waals surface area contributed by atoms with E-state index in [0.717, 1.165) is 44.2 Å². The molecule has 0 bridgehead atoms. The van der Waals surface area contributed by atoms with Crippen molar-refractivity contribution in [2.24, 2.45) is 0 Å². The van der Waals surface area contributed by atoms with Gasteiger partial charge < -0.3 is 9.64 Å². The zero-order valence-electron chi connectivity index (χ0n) is 14.0. The summed E-state index contributed by atoms with van der Waals surface area (Å²) < 4.78 is 10.2. The highest BCUT2D eigenvalue weighted by atomic mass is 32.2. The Labute approximate surface area is 145 Å². The van der Waals surface area contributed by atoms with Crippen LogP contribution in [0.2, 0.25) is 0 Å². The lowest BCUT2D eigenvalue weighted by Crippen LogP contribution is -2.47. The van der Waals surface area contributed by atoms with Crippen LogP contribution in [0.5, 0.6) is 5.75 Å². The summed E-state index contributed by atoms with van der Waals surface area (Å²) >= 11 is 1.30. The number of nitro groups is 1. The number of ether oxygens (including phenoxy) is 1. The van der Waals surface area contributed by atoms with Crippen LogP contribution in [0.15, 0.2) is 18.2 Å². The van der Waals surface area contributed by atoms with Crippen molar-refractivity contribution in [2.45, 2.75) is 6.92 Å². The van der Waals surface area contributed by atoms with Gasteiger partial charge in [0, 0.05) is 68.3 Å². The zero-order valence-corrected chi connectivity index (χ0v) is 14.8. The summed E-state index contributed by atoms with van der Waals surface area (Å²) in [7, 11) is 1.49. The van der Waals surface area contributed by atoms with Crippen LogP contribution in [-0.2, 0) is 9.22 Å². The molecular weight excluding hydrogens is 334 g/mol. The van der Waals surface area contributed by atoms with E-state index in [1.54, 1.807) is 12.1 Å². The van der Waals surface area contributed by atoms with Crippen molar-refractivity contribution >= 4 is 23.4 Å². The van der Waals surface area contributed by atoms with Crippen LogP contribution in [0.3, 0.4) is 0 Å². The van der Waals surface area contributed by atoms with Crippen LogP contribution in [-0.4, -0.2) is 62.0 Å². The largest absolute Gasteiger partial charge is 0.487 e. The molecule has 1 heterocycles. The number of nitro benzene ring substituents is 1. The Morgan fingerprint density at radius 1 is 1.29 bits per heavy atom. The lowest BCUT2D eigenvalue weighted by atomic mass is 10.2. The summed E-state index contributed by atoms with van der Waals surface area (Å²) in [6.45, 7) is 6.79. The normalized spacial score (nSPS) is 15.5. The molecule has 0 spiro atoms. The molecule has 1 aromatic carbocycles. The molecule has 1 aliphatic rings. The van der Waals surface area contributed by atoms with E-state index < -0.39 is 4.92 Å². The molecule has 1 aliphatic heterocycles. The molecule has 0 unspecified atom stereocenters. The maximum atomic E-state index is 11.1. The smallest absolute Gasteiger partial charge is 0.311 e. The van der Waals surface area contributed by atoms with Crippen molar-refractivity contribution < 1.29 is 18.9 Å². The second-order valence-electron chi connectivity index (χ2n) is 5.23. The molecule has 8 nitrogen and oxygen atoms in total. The molecule has 2 rings (SSSR count). The molecule has 24 heavy (non-hydrogen) atoms. The van der Waals surface area contributed by atoms with Crippen molar-refractivity contribution in [3.8, 4) is 5.75 Å². The van der Waals surface area contributed by atoms with Gasteiger partial charge in [0.05, 0.1) is 18.6 Å². The van der Waals surface area contributed by atoms with Gasteiger partial charge in [-0.1, -0.05) is 0 Å². The van der Waals surface area contributed by atoms with E-state index in [9.17, 15) is 10.1 Å². The Kier molecular flexibility index (Phi) is 7.57. The number of piperazine rings is 1. The van der Waals surface area contributed by atoms with Gasteiger partial charge in [-0.25, -0.2) is 4.89 Å². The first-order chi connectivity index (χ1) is 11.7. The van der Waals surface area contributed by atoms with E-state index >= 15 is 0 Å². The minimum atomic E-state index is -0.410. The van der Waals surface area contributed by atoms with Crippen molar-refractivity contribution in [1.82, 2.24) is 4.90 Å². The summed E-state index contributed by atoms with van der Waals surface area (Å²) in [4.78, 5) is 19.8. The van der Waals surface area contributed by atoms with Crippen molar-refractivity contribution in [3.05, 3.63) is 28.3 Å². The van der Waals surface area contributed by atoms with Gasteiger partial charge in [0.15, 0.2) is 5.75 Å². The molecule has 0 saturated carbocycles. The number of anilines is 1. The number of benzene rings is 1. The fourth-order valence-corrected chi connectivity index (χ4v) is 3.10. The summed E-state index contributed by atoms with van der Waals surface area (Å²) in [6, 6.07) is 5.07. The maximum Gasteiger partial charge on any atom is 0.311 e. The van der Waals surface area contributed by atoms with E-state index in [2.05, 4.69) is 14.7 Å². The van der Waals surface area contributed by atoms with Gasteiger partial charge in [-0.05, 0) is 13.0 Å². The molecule has 1 aromatic rings. The van der Waals surface area contributed by atoms with Crippen LogP contribution in [0.1, 0.15) is 6.92 Å². The predicted octanol–water partition coefficient (Wildman–Crippen LogP) is 2.34. The van der Waals surface area contributed by atoms with E-state index in [1.165, 1.54) is 25.2 Å². The third kappa shape index (κ3) is 5.23. The molecule has 9 heteroatoms. The highest BCUT2D eigenvalue weighted by Crippen LogP contribution is 2.32. The zero-order chi connectivity index (χ0) is 17.4. The summed E-state index contributed by atoms with van der Waals surface area (Å²) in [5.74, 6) is 1.18. The summed E-state index contributed by atoms with van der Waals surface area (Å²) in [6.07, 6.45) is 0. The van der Waals surface area contributed by atoms with Gasteiger partial charge in [0.25, 0.3) is 0 Å². The first-order valence-electron chi connectivity index (χ1n) is 7.86. The third-order valence-corrected chi connectivity index (χ3v) is 4.37. The molecule has 0 aromatic heterocycles. The van der Waals surface area contributed by atoms with Crippen molar-refractivity contribution in [2.75, 3.05) is 57.1 Å². The van der Waals surface area contributed by atoms with Gasteiger partial charge in [-0.2, -0.15) is 4.33 Å². The molecule has 0 aliphatic carbocycles. The van der Waals surface area contributed by atoms with E-state index in [1.807, 2.05) is 6.92 Å².